The molecule has 0 radical (unpaired) electrons. The lowest BCUT2D eigenvalue weighted by atomic mass is 9.68. The van der Waals surface area contributed by atoms with E-state index in [-0.39, 0.29) is 0 Å². The lowest BCUT2D eigenvalue weighted by Crippen LogP contribution is -2.54. The molecule has 18 heavy (non-hydrogen) atoms. The molecule has 2 bridgehead atoms. The van der Waals surface area contributed by atoms with Crippen LogP contribution in [0.5, 0.6) is 0 Å². The summed E-state index contributed by atoms with van der Waals surface area (Å²) in [6.07, 6.45) is 10.2. The van der Waals surface area contributed by atoms with Crippen molar-refractivity contribution in [1.29, 1.82) is 0 Å². The Bertz CT molecular complexity index is 311. The van der Waals surface area contributed by atoms with Crippen LogP contribution in [-0.2, 0) is 0 Å². The quantitative estimate of drug-likeness (QED) is 0.783. The minimum atomic E-state index is 0.514. The van der Waals surface area contributed by atoms with Gasteiger partial charge in [0.2, 0.25) is 0 Å². The van der Waals surface area contributed by atoms with E-state index < -0.39 is 0 Å². The molecule has 3 aliphatic carbocycles. The molecule has 0 aromatic rings. The topological polar surface area (TPSA) is 12.0 Å². The summed E-state index contributed by atoms with van der Waals surface area (Å²) in [6, 6.07) is 1.48. The Morgan fingerprint density at radius 1 is 1.06 bits per heavy atom. The SMILES string of the molecule is C[C@H](NC1C2(C)CCC(C2)C1(C)C)C1CCCC1. The summed E-state index contributed by atoms with van der Waals surface area (Å²) in [7, 11) is 0. The fourth-order valence-corrected chi connectivity index (χ4v) is 5.57. The lowest BCUT2D eigenvalue weighted by molar-refractivity contribution is 0.0922. The molecule has 0 aromatic heterocycles. The van der Waals surface area contributed by atoms with Gasteiger partial charge in [-0.2, -0.15) is 0 Å². The number of hydrogen-bond acceptors (Lipinski definition) is 1. The third kappa shape index (κ3) is 1.85. The first-order valence-electron chi connectivity index (χ1n) is 8.19. The van der Waals surface area contributed by atoms with Crippen molar-refractivity contribution in [2.45, 2.75) is 84.7 Å². The molecule has 3 saturated carbocycles. The van der Waals surface area contributed by atoms with Crippen LogP contribution in [0, 0.1) is 22.7 Å². The zero-order valence-corrected chi connectivity index (χ0v) is 12.8. The van der Waals surface area contributed by atoms with E-state index in [1.807, 2.05) is 0 Å². The molecule has 0 saturated heterocycles. The molecule has 3 rings (SSSR count). The second-order valence-electron chi connectivity index (χ2n) is 8.35. The number of rotatable bonds is 3. The molecule has 0 spiro atoms. The Morgan fingerprint density at radius 2 is 1.72 bits per heavy atom. The van der Waals surface area contributed by atoms with Gasteiger partial charge in [0.1, 0.15) is 0 Å². The average Bonchev–Trinajstić information content (AvgIpc) is 2.96. The number of fused-ring (bicyclic) bond motifs is 2. The maximum atomic E-state index is 4.08. The Morgan fingerprint density at radius 3 is 2.28 bits per heavy atom. The maximum absolute atomic E-state index is 4.08. The van der Waals surface area contributed by atoms with Crippen molar-refractivity contribution in [3.8, 4) is 0 Å². The summed E-state index contributed by atoms with van der Waals surface area (Å²) in [4.78, 5) is 0. The Labute approximate surface area is 113 Å². The van der Waals surface area contributed by atoms with E-state index in [2.05, 4.69) is 33.0 Å². The maximum Gasteiger partial charge on any atom is 0.0177 e. The van der Waals surface area contributed by atoms with Gasteiger partial charge in [0, 0.05) is 12.1 Å². The Balaban J connectivity index is 1.71. The van der Waals surface area contributed by atoms with Crippen molar-refractivity contribution < 1.29 is 0 Å². The molecule has 1 heteroatoms. The van der Waals surface area contributed by atoms with E-state index in [4.69, 9.17) is 0 Å². The van der Waals surface area contributed by atoms with E-state index in [0.717, 1.165) is 23.9 Å². The lowest BCUT2D eigenvalue weighted by Gasteiger charge is -2.45. The molecule has 0 aromatic carbocycles. The molecule has 3 unspecified atom stereocenters. The third-order valence-electron chi connectivity index (χ3n) is 6.81. The van der Waals surface area contributed by atoms with Gasteiger partial charge in [-0.1, -0.05) is 33.6 Å². The minimum Gasteiger partial charge on any atom is -0.310 e. The van der Waals surface area contributed by atoms with Crippen LogP contribution in [0.4, 0.5) is 0 Å². The van der Waals surface area contributed by atoms with Gasteiger partial charge in [-0.3, -0.25) is 0 Å². The molecule has 4 atom stereocenters. The Hall–Kier alpha value is -0.0400. The summed E-state index contributed by atoms with van der Waals surface area (Å²) in [5.74, 6) is 1.92. The third-order valence-corrected chi connectivity index (χ3v) is 6.81. The molecule has 3 aliphatic rings. The fourth-order valence-electron chi connectivity index (χ4n) is 5.57. The van der Waals surface area contributed by atoms with Gasteiger partial charge < -0.3 is 5.32 Å². The molecule has 0 amide bonds. The molecule has 0 heterocycles. The fraction of sp³-hybridized carbons (Fsp3) is 1.00. The predicted molar refractivity (Wildman–Crippen MR) is 77.6 cm³/mol. The van der Waals surface area contributed by atoms with E-state index >= 15 is 0 Å². The summed E-state index contributed by atoms with van der Waals surface area (Å²) in [5, 5.41) is 4.08. The molecule has 104 valence electrons. The van der Waals surface area contributed by atoms with Crippen molar-refractivity contribution >= 4 is 0 Å². The molecule has 3 fully saturated rings. The van der Waals surface area contributed by atoms with Crippen molar-refractivity contribution in [3.05, 3.63) is 0 Å². The Kier molecular flexibility index (Phi) is 3.05. The molecular formula is C17H31N. The summed E-state index contributed by atoms with van der Waals surface area (Å²) in [6.45, 7) is 10.0. The number of nitrogens with one attached hydrogen (secondary N) is 1. The molecular weight excluding hydrogens is 218 g/mol. The van der Waals surface area contributed by atoms with Crippen LogP contribution in [0.15, 0.2) is 0 Å². The second-order valence-corrected chi connectivity index (χ2v) is 8.35. The largest absolute Gasteiger partial charge is 0.310 e. The van der Waals surface area contributed by atoms with Crippen molar-refractivity contribution in [2.75, 3.05) is 0 Å². The van der Waals surface area contributed by atoms with Crippen LogP contribution >= 0.6 is 0 Å². The van der Waals surface area contributed by atoms with E-state index in [9.17, 15) is 0 Å². The van der Waals surface area contributed by atoms with Crippen LogP contribution < -0.4 is 5.32 Å². The molecule has 0 aliphatic heterocycles. The van der Waals surface area contributed by atoms with Crippen LogP contribution in [-0.4, -0.2) is 12.1 Å². The minimum absolute atomic E-state index is 0.514. The van der Waals surface area contributed by atoms with Gasteiger partial charge in [0.05, 0.1) is 0 Å². The van der Waals surface area contributed by atoms with Gasteiger partial charge >= 0.3 is 0 Å². The second kappa shape index (κ2) is 4.23. The first-order chi connectivity index (χ1) is 8.43. The van der Waals surface area contributed by atoms with Crippen LogP contribution in [0.25, 0.3) is 0 Å². The average molecular weight is 249 g/mol. The highest BCUT2D eigenvalue weighted by Crippen LogP contribution is 2.62. The summed E-state index contributed by atoms with van der Waals surface area (Å²) < 4.78 is 0. The van der Waals surface area contributed by atoms with Gasteiger partial charge in [-0.05, 0) is 61.7 Å². The highest BCUT2D eigenvalue weighted by atomic mass is 15.0. The number of hydrogen-bond donors (Lipinski definition) is 1. The molecule has 1 N–H and O–H groups in total. The van der Waals surface area contributed by atoms with Gasteiger partial charge in [-0.25, -0.2) is 0 Å². The van der Waals surface area contributed by atoms with Crippen LogP contribution in [0.2, 0.25) is 0 Å². The summed E-state index contributed by atoms with van der Waals surface area (Å²) >= 11 is 0. The predicted octanol–water partition coefficient (Wildman–Crippen LogP) is 4.37. The van der Waals surface area contributed by atoms with Crippen molar-refractivity contribution in [2.24, 2.45) is 22.7 Å². The first-order valence-corrected chi connectivity index (χ1v) is 8.19. The zero-order valence-electron chi connectivity index (χ0n) is 12.8. The van der Waals surface area contributed by atoms with Crippen molar-refractivity contribution in [3.63, 3.8) is 0 Å². The summed E-state index contributed by atoms with van der Waals surface area (Å²) in [5.41, 5.74) is 1.10. The standard InChI is InChI=1S/C17H31N/c1-12(13-7-5-6-8-13)18-15-16(2,3)14-9-10-17(15,4)11-14/h12-15,18H,5-11H2,1-4H3/t12-,14?,15?,17?/m0/s1. The monoisotopic (exact) mass is 249 g/mol. The normalized spacial score (nSPS) is 44.7. The highest BCUT2D eigenvalue weighted by molar-refractivity contribution is 5.12. The van der Waals surface area contributed by atoms with Crippen LogP contribution in [0.3, 0.4) is 0 Å². The van der Waals surface area contributed by atoms with Crippen LogP contribution in [0.1, 0.15) is 72.6 Å². The van der Waals surface area contributed by atoms with E-state index in [1.54, 1.807) is 0 Å². The smallest absolute Gasteiger partial charge is 0.0177 e. The zero-order chi connectivity index (χ0) is 13.0. The highest BCUT2D eigenvalue weighted by Gasteiger charge is 2.59. The van der Waals surface area contributed by atoms with E-state index in [0.29, 0.717) is 10.8 Å². The molecule has 1 nitrogen and oxygen atoms in total. The van der Waals surface area contributed by atoms with Gasteiger partial charge in [-0.15, -0.1) is 0 Å². The van der Waals surface area contributed by atoms with Gasteiger partial charge in [0.15, 0.2) is 0 Å². The van der Waals surface area contributed by atoms with Gasteiger partial charge in [0.25, 0.3) is 0 Å². The first kappa shape index (κ1) is 13.0. The van der Waals surface area contributed by atoms with E-state index in [1.165, 1.54) is 44.9 Å². The van der Waals surface area contributed by atoms with Crippen molar-refractivity contribution in [1.82, 2.24) is 5.32 Å².